The van der Waals surface area contributed by atoms with Gasteiger partial charge in [0.1, 0.15) is 6.54 Å². The van der Waals surface area contributed by atoms with Crippen molar-refractivity contribution in [3.05, 3.63) is 59.7 Å². The number of carbonyl (C=O) groups excluding carboxylic acids is 2. The molecule has 0 aliphatic carbocycles. The van der Waals surface area contributed by atoms with Crippen LogP contribution in [0.4, 0.5) is 10.5 Å². The van der Waals surface area contributed by atoms with E-state index in [2.05, 4.69) is 0 Å². The fourth-order valence-electron chi connectivity index (χ4n) is 2.66. The van der Waals surface area contributed by atoms with E-state index >= 15 is 0 Å². The van der Waals surface area contributed by atoms with E-state index in [1.165, 1.54) is 6.92 Å². The van der Waals surface area contributed by atoms with Crippen LogP contribution in [-0.4, -0.2) is 11.1 Å². The zero-order valence-electron chi connectivity index (χ0n) is 12.0. The van der Waals surface area contributed by atoms with Crippen molar-refractivity contribution in [2.75, 3.05) is 0 Å². The summed E-state index contributed by atoms with van der Waals surface area (Å²) in [5, 5.41) is -0.121. The van der Waals surface area contributed by atoms with Gasteiger partial charge in [0, 0.05) is 23.4 Å². The summed E-state index contributed by atoms with van der Waals surface area (Å²) in [6, 6.07) is 15.5. The number of fused-ring (bicyclic) bond motifs is 1. The van der Waals surface area contributed by atoms with Crippen molar-refractivity contribution in [3.63, 3.8) is 0 Å². The second kappa shape index (κ2) is 5.13. The molecular formula is C17H16NO2S+. The summed E-state index contributed by atoms with van der Waals surface area (Å²) in [6.07, 6.45) is 0. The monoisotopic (exact) mass is 298 g/mol. The normalized spacial score (nSPS) is 20.4. The number of quaternary nitrogens is 1. The van der Waals surface area contributed by atoms with Gasteiger partial charge in [-0.1, -0.05) is 42.0 Å². The van der Waals surface area contributed by atoms with Gasteiger partial charge in [0.2, 0.25) is 0 Å². The largest absolute Gasteiger partial charge is 0.392 e. The maximum atomic E-state index is 12.6. The highest BCUT2D eigenvalue weighted by Gasteiger charge is 2.52. The number of para-hydroxylation sites is 1. The van der Waals surface area contributed by atoms with Crippen molar-refractivity contribution >= 4 is 28.6 Å². The van der Waals surface area contributed by atoms with E-state index in [0.29, 0.717) is 6.54 Å². The first-order valence-electron chi connectivity index (χ1n) is 6.81. The molecule has 0 radical (unpaired) electrons. The molecule has 1 aliphatic heterocycles. The van der Waals surface area contributed by atoms with Gasteiger partial charge in [-0.15, -0.1) is 0 Å². The molecule has 0 spiro atoms. The third-order valence-electron chi connectivity index (χ3n) is 3.86. The predicted molar refractivity (Wildman–Crippen MR) is 85.1 cm³/mol. The number of hydrogen-bond acceptors (Lipinski definition) is 3. The number of benzene rings is 2. The molecule has 2 aromatic carbocycles. The lowest BCUT2D eigenvalue weighted by Crippen LogP contribution is -2.52. The Morgan fingerprint density at radius 2 is 1.76 bits per heavy atom. The zero-order chi connectivity index (χ0) is 15.0. The molecule has 0 fully saturated rings. The van der Waals surface area contributed by atoms with Gasteiger partial charge in [-0.25, -0.2) is 9.59 Å². The Bertz CT molecular complexity index is 724. The Morgan fingerprint density at radius 3 is 2.43 bits per heavy atom. The summed E-state index contributed by atoms with van der Waals surface area (Å²) < 4.78 is -0.232. The quantitative estimate of drug-likeness (QED) is 0.776. The van der Waals surface area contributed by atoms with E-state index in [0.717, 1.165) is 33.5 Å². The average Bonchev–Trinajstić information content (AvgIpc) is 2.75. The Kier molecular flexibility index (Phi) is 3.43. The third kappa shape index (κ3) is 2.20. The van der Waals surface area contributed by atoms with Crippen LogP contribution in [0.2, 0.25) is 0 Å². The maximum absolute atomic E-state index is 12.6. The summed E-state index contributed by atoms with van der Waals surface area (Å²) in [7, 11) is 0. The van der Waals surface area contributed by atoms with Crippen molar-refractivity contribution in [3.8, 4) is 0 Å². The summed E-state index contributed by atoms with van der Waals surface area (Å²) in [4.78, 5) is 25.8. The second-order valence-corrected chi connectivity index (χ2v) is 6.30. The van der Waals surface area contributed by atoms with Crippen LogP contribution < -0.4 is 4.48 Å². The highest BCUT2D eigenvalue weighted by atomic mass is 32.2. The molecule has 1 atom stereocenters. The van der Waals surface area contributed by atoms with E-state index in [1.54, 1.807) is 0 Å². The van der Waals surface area contributed by atoms with Gasteiger partial charge in [0.25, 0.3) is 0 Å². The number of rotatable bonds is 2. The molecule has 21 heavy (non-hydrogen) atoms. The van der Waals surface area contributed by atoms with Gasteiger partial charge in [0.15, 0.2) is 5.69 Å². The van der Waals surface area contributed by atoms with Crippen molar-refractivity contribution in [2.45, 2.75) is 25.3 Å². The zero-order valence-corrected chi connectivity index (χ0v) is 12.8. The highest BCUT2D eigenvalue weighted by molar-refractivity contribution is 8.14. The Labute approximate surface area is 128 Å². The molecule has 3 nitrogen and oxygen atoms in total. The first-order valence-corrected chi connectivity index (χ1v) is 7.62. The van der Waals surface area contributed by atoms with E-state index < -0.39 is 0 Å². The molecule has 1 aliphatic rings. The Morgan fingerprint density at radius 1 is 1.10 bits per heavy atom. The van der Waals surface area contributed by atoms with Crippen molar-refractivity contribution in [2.24, 2.45) is 0 Å². The van der Waals surface area contributed by atoms with Crippen molar-refractivity contribution in [1.82, 2.24) is 4.48 Å². The summed E-state index contributed by atoms with van der Waals surface area (Å²) >= 11 is 1.16. The first-order chi connectivity index (χ1) is 10.0. The number of hydrogen-bond donors (Lipinski definition) is 0. The number of imide groups is 1. The van der Waals surface area contributed by atoms with Gasteiger partial charge in [-0.2, -0.15) is 4.48 Å². The lowest BCUT2D eigenvalue weighted by atomic mass is 10.1. The van der Waals surface area contributed by atoms with E-state index in [9.17, 15) is 9.59 Å². The third-order valence-corrected chi connectivity index (χ3v) is 4.91. The topological polar surface area (TPSA) is 34.1 Å². The maximum Gasteiger partial charge on any atom is 0.392 e. The average molecular weight is 298 g/mol. The molecule has 2 amide bonds. The second-order valence-electron chi connectivity index (χ2n) is 5.31. The molecule has 106 valence electrons. The van der Waals surface area contributed by atoms with Crippen LogP contribution in [0, 0.1) is 6.92 Å². The Balaban J connectivity index is 2.11. The lowest BCUT2D eigenvalue weighted by Gasteiger charge is -2.27. The molecule has 0 bridgehead atoms. The van der Waals surface area contributed by atoms with Crippen LogP contribution in [0.25, 0.3) is 0 Å². The minimum atomic E-state index is -0.232. The van der Waals surface area contributed by atoms with Crippen LogP contribution >= 0.6 is 11.8 Å². The fourth-order valence-corrected chi connectivity index (χ4v) is 3.77. The van der Waals surface area contributed by atoms with Gasteiger partial charge < -0.3 is 0 Å². The summed E-state index contributed by atoms with van der Waals surface area (Å²) in [5.41, 5.74) is 2.94. The van der Waals surface area contributed by atoms with E-state index in [1.807, 2.05) is 55.5 Å². The van der Waals surface area contributed by atoms with Crippen molar-refractivity contribution in [1.29, 1.82) is 0 Å². The molecule has 0 aromatic heterocycles. The van der Waals surface area contributed by atoms with Crippen LogP contribution in [-0.2, 0) is 11.3 Å². The van der Waals surface area contributed by atoms with Crippen molar-refractivity contribution < 1.29 is 9.59 Å². The minimum absolute atomic E-state index is 0.121. The standard InChI is InChI=1S/C17H16NO2S/c1-12-7-9-14(10-8-12)11-18(13(2)19)15-5-3-4-6-16(15)21-17(18)20/h3-10H,11H2,1-2H3/q+1. The molecule has 1 unspecified atom stereocenters. The number of amides is 2. The van der Waals surface area contributed by atoms with Crippen LogP contribution in [0.1, 0.15) is 18.1 Å². The SMILES string of the molecule is CC(=O)[N+]1(Cc2ccc(C)cc2)C(=O)Sc2ccccc21. The molecule has 4 heteroatoms. The first kappa shape index (κ1) is 14.0. The van der Waals surface area contributed by atoms with Crippen LogP contribution in [0.3, 0.4) is 0 Å². The van der Waals surface area contributed by atoms with E-state index in [4.69, 9.17) is 0 Å². The minimum Gasteiger partial charge on any atom is -0.230 e. The lowest BCUT2D eigenvalue weighted by molar-refractivity contribution is -0.125. The number of aryl methyl sites for hydroxylation is 1. The Hall–Kier alpha value is -1.91. The molecule has 0 N–H and O–H groups in total. The van der Waals surface area contributed by atoms with Crippen LogP contribution in [0.15, 0.2) is 53.4 Å². The van der Waals surface area contributed by atoms with Gasteiger partial charge in [-0.05, 0) is 13.0 Å². The van der Waals surface area contributed by atoms with Gasteiger partial charge in [-0.3, -0.25) is 0 Å². The fraction of sp³-hybridized carbons (Fsp3) is 0.176. The van der Waals surface area contributed by atoms with Gasteiger partial charge in [0.05, 0.1) is 11.8 Å². The summed E-state index contributed by atoms with van der Waals surface area (Å²) in [5.74, 6) is -0.141. The highest BCUT2D eigenvalue weighted by Crippen LogP contribution is 2.46. The molecule has 3 rings (SSSR count). The molecule has 1 heterocycles. The molecule has 2 aromatic rings. The number of carbonyl (C=O) groups is 2. The van der Waals surface area contributed by atoms with Crippen LogP contribution in [0.5, 0.6) is 0 Å². The number of thioether (sulfide) groups is 1. The number of nitrogens with zero attached hydrogens (tertiary/aromatic N) is 1. The molecule has 0 saturated heterocycles. The smallest absolute Gasteiger partial charge is 0.230 e. The summed E-state index contributed by atoms with van der Waals surface area (Å²) in [6.45, 7) is 3.89. The predicted octanol–water partition coefficient (Wildman–Crippen LogP) is 4.27. The van der Waals surface area contributed by atoms with E-state index in [-0.39, 0.29) is 15.6 Å². The van der Waals surface area contributed by atoms with Gasteiger partial charge >= 0.3 is 11.1 Å². The molecular weight excluding hydrogens is 282 g/mol. The molecule has 0 saturated carbocycles.